The highest BCUT2D eigenvalue weighted by Gasteiger charge is 2.67. The number of fused-ring (bicyclic) bond motifs is 5. The van der Waals surface area contributed by atoms with Crippen LogP contribution >= 0.6 is 0 Å². The van der Waals surface area contributed by atoms with Crippen LogP contribution in [0.4, 0.5) is 8.78 Å². The predicted molar refractivity (Wildman–Crippen MR) is 78.7 cm³/mol. The molecule has 5 atom stereocenters. The molecule has 3 aliphatic rings. The van der Waals surface area contributed by atoms with Crippen LogP contribution in [-0.4, -0.2) is 6.54 Å². The first-order valence-electron chi connectivity index (χ1n) is 8.39. The lowest BCUT2D eigenvalue weighted by atomic mass is 9.92. The van der Waals surface area contributed by atoms with E-state index >= 15 is 0 Å². The highest BCUT2D eigenvalue weighted by molar-refractivity contribution is 5.29. The van der Waals surface area contributed by atoms with Gasteiger partial charge in [0.2, 0.25) is 0 Å². The summed E-state index contributed by atoms with van der Waals surface area (Å²) in [5, 5.41) is 3.45. The molecule has 0 saturated heterocycles. The second kappa shape index (κ2) is 5.05. The quantitative estimate of drug-likeness (QED) is 0.853. The van der Waals surface area contributed by atoms with Gasteiger partial charge in [0, 0.05) is 11.6 Å². The summed E-state index contributed by atoms with van der Waals surface area (Å²) in [6.45, 7) is 2.92. The highest BCUT2D eigenvalue weighted by atomic mass is 19.1. The molecule has 0 radical (unpaired) electrons. The average molecular weight is 291 g/mol. The van der Waals surface area contributed by atoms with Crippen LogP contribution in [0.1, 0.15) is 44.2 Å². The van der Waals surface area contributed by atoms with Crippen LogP contribution in [0.3, 0.4) is 0 Å². The summed E-state index contributed by atoms with van der Waals surface area (Å²) >= 11 is 0. The number of nitrogens with one attached hydrogen (secondary N) is 1. The highest BCUT2D eigenvalue weighted by Crippen LogP contribution is 2.72. The fourth-order valence-electron chi connectivity index (χ4n) is 5.38. The van der Waals surface area contributed by atoms with Gasteiger partial charge in [-0.3, -0.25) is 0 Å². The molecule has 3 aliphatic carbocycles. The molecule has 4 rings (SSSR count). The van der Waals surface area contributed by atoms with Gasteiger partial charge in [0.25, 0.3) is 0 Å². The summed E-state index contributed by atoms with van der Waals surface area (Å²) in [5.41, 5.74) is 0.282. The summed E-state index contributed by atoms with van der Waals surface area (Å²) in [6.07, 6.45) is 5.03. The summed E-state index contributed by atoms with van der Waals surface area (Å²) in [4.78, 5) is 0. The van der Waals surface area contributed by atoms with Gasteiger partial charge in [0.15, 0.2) is 0 Å². The zero-order valence-corrected chi connectivity index (χ0v) is 12.5. The van der Waals surface area contributed by atoms with Crippen LogP contribution in [0.2, 0.25) is 0 Å². The third-order valence-corrected chi connectivity index (χ3v) is 6.10. The van der Waals surface area contributed by atoms with E-state index in [1.54, 1.807) is 0 Å². The van der Waals surface area contributed by atoms with Crippen molar-refractivity contribution in [2.45, 2.75) is 38.6 Å². The van der Waals surface area contributed by atoms with Crippen molar-refractivity contribution in [3.8, 4) is 0 Å². The van der Waals surface area contributed by atoms with Gasteiger partial charge in [-0.1, -0.05) is 13.0 Å². The number of hydrogen-bond donors (Lipinski definition) is 1. The maximum absolute atomic E-state index is 14.2. The van der Waals surface area contributed by atoms with Gasteiger partial charge in [-0.2, -0.15) is 0 Å². The fourth-order valence-corrected chi connectivity index (χ4v) is 5.38. The second-order valence-corrected chi connectivity index (χ2v) is 7.13. The first-order chi connectivity index (χ1) is 10.2. The fraction of sp³-hybridized carbons (Fsp3) is 0.667. The van der Waals surface area contributed by atoms with Gasteiger partial charge in [0.1, 0.15) is 11.6 Å². The van der Waals surface area contributed by atoms with E-state index in [1.807, 2.05) is 0 Å². The second-order valence-electron chi connectivity index (χ2n) is 7.13. The standard InChI is InChI=1S/C18H23F2N/c1-2-8-21-18(16-12(19)4-3-5-13(16)20)17-14-10-6-7-11(9-10)15(14)17/h3-5,10-11,14-15,17-18,21H,2,6-9H2,1H3. The Hall–Kier alpha value is -0.960. The van der Waals surface area contributed by atoms with Crippen molar-refractivity contribution in [1.29, 1.82) is 0 Å². The van der Waals surface area contributed by atoms with Gasteiger partial charge >= 0.3 is 0 Å². The molecule has 21 heavy (non-hydrogen) atoms. The number of benzene rings is 1. The normalized spacial score (nSPS) is 37.6. The lowest BCUT2D eigenvalue weighted by Gasteiger charge is -2.23. The van der Waals surface area contributed by atoms with Gasteiger partial charge in [-0.25, -0.2) is 8.78 Å². The maximum atomic E-state index is 14.2. The monoisotopic (exact) mass is 291 g/mol. The third kappa shape index (κ3) is 2.04. The van der Waals surface area contributed by atoms with Crippen molar-refractivity contribution in [2.24, 2.45) is 29.6 Å². The molecule has 1 nitrogen and oxygen atoms in total. The molecule has 0 aromatic heterocycles. The molecule has 0 aliphatic heterocycles. The van der Waals surface area contributed by atoms with Gasteiger partial charge < -0.3 is 5.32 Å². The molecule has 3 saturated carbocycles. The van der Waals surface area contributed by atoms with Crippen molar-refractivity contribution < 1.29 is 8.78 Å². The molecule has 3 heteroatoms. The maximum Gasteiger partial charge on any atom is 0.130 e. The lowest BCUT2D eigenvalue weighted by molar-refractivity contribution is 0.352. The van der Waals surface area contributed by atoms with Gasteiger partial charge in [0.05, 0.1) is 0 Å². The molecular formula is C18H23F2N. The Morgan fingerprint density at radius 2 is 1.76 bits per heavy atom. The minimum atomic E-state index is -0.388. The van der Waals surface area contributed by atoms with Crippen molar-refractivity contribution in [3.05, 3.63) is 35.4 Å². The molecule has 1 aromatic rings. The van der Waals surface area contributed by atoms with Crippen LogP contribution in [0.15, 0.2) is 18.2 Å². The van der Waals surface area contributed by atoms with E-state index in [1.165, 1.54) is 37.5 Å². The Morgan fingerprint density at radius 1 is 1.14 bits per heavy atom. The number of rotatable bonds is 5. The number of halogens is 2. The number of hydrogen-bond acceptors (Lipinski definition) is 1. The lowest BCUT2D eigenvalue weighted by Crippen LogP contribution is -2.28. The smallest absolute Gasteiger partial charge is 0.130 e. The summed E-state index contributed by atoms with van der Waals surface area (Å²) in [7, 11) is 0. The first kappa shape index (κ1) is 13.7. The van der Waals surface area contributed by atoms with Crippen molar-refractivity contribution in [2.75, 3.05) is 6.54 Å². The molecule has 0 spiro atoms. The minimum absolute atomic E-state index is 0.135. The Bertz CT molecular complexity index is 508. The largest absolute Gasteiger partial charge is 0.309 e. The van der Waals surface area contributed by atoms with E-state index in [9.17, 15) is 8.78 Å². The Morgan fingerprint density at radius 3 is 2.33 bits per heavy atom. The zero-order valence-electron chi connectivity index (χ0n) is 12.5. The van der Waals surface area contributed by atoms with Crippen LogP contribution in [0.5, 0.6) is 0 Å². The molecule has 0 amide bonds. The predicted octanol–water partition coefficient (Wildman–Crippen LogP) is 4.30. The van der Waals surface area contributed by atoms with Crippen LogP contribution < -0.4 is 5.32 Å². The first-order valence-corrected chi connectivity index (χ1v) is 8.39. The Labute approximate surface area is 125 Å². The Kier molecular flexibility index (Phi) is 3.29. The molecule has 1 aromatic carbocycles. The van der Waals surface area contributed by atoms with Crippen molar-refractivity contribution in [3.63, 3.8) is 0 Å². The SMILES string of the molecule is CCCNC(c1c(F)cccc1F)C1C2C3CCC(C3)C21. The molecule has 5 unspecified atom stereocenters. The summed E-state index contributed by atoms with van der Waals surface area (Å²) in [6, 6.07) is 4.12. The van der Waals surface area contributed by atoms with E-state index in [0.717, 1.165) is 36.6 Å². The third-order valence-electron chi connectivity index (χ3n) is 6.10. The Balaban J connectivity index is 1.64. The van der Waals surface area contributed by atoms with Crippen molar-refractivity contribution in [1.82, 2.24) is 5.32 Å². The van der Waals surface area contributed by atoms with Crippen LogP contribution in [0, 0.1) is 41.2 Å². The molecular weight excluding hydrogens is 268 g/mol. The van der Waals surface area contributed by atoms with E-state index in [4.69, 9.17) is 0 Å². The molecule has 0 heterocycles. The average Bonchev–Trinajstić information content (AvgIpc) is 2.88. The van der Waals surface area contributed by atoms with E-state index in [2.05, 4.69) is 12.2 Å². The van der Waals surface area contributed by atoms with E-state index in [0.29, 0.717) is 5.92 Å². The van der Waals surface area contributed by atoms with E-state index < -0.39 is 0 Å². The van der Waals surface area contributed by atoms with E-state index in [-0.39, 0.29) is 23.2 Å². The minimum Gasteiger partial charge on any atom is -0.309 e. The van der Waals surface area contributed by atoms with Gasteiger partial charge in [-0.15, -0.1) is 0 Å². The van der Waals surface area contributed by atoms with Crippen LogP contribution in [0.25, 0.3) is 0 Å². The summed E-state index contributed by atoms with van der Waals surface area (Å²) in [5.74, 6) is 2.77. The molecule has 3 fully saturated rings. The van der Waals surface area contributed by atoms with Gasteiger partial charge in [-0.05, 0) is 74.0 Å². The zero-order chi connectivity index (χ0) is 14.6. The summed E-state index contributed by atoms with van der Waals surface area (Å²) < 4.78 is 28.4. The molecule has 1 N–H and O–H groups in total. The molecule has 2 bridgehead atoms. The topological polar surface area (TPSA) is 12.0 Å². The van der Waals surface area contributed by atoms with Crippen LogP contribution in [-0.2, 0) is 0 Å². The molecule has 114 valence electrons. The van der Waals surface area contributed by atoms with Crippen molar-refractivity contribution >= 4 is 0 Å².